The molecule has 8 nitrogen and oxygen atoms in total. The van der Waals surface area contributed by atoms with Gasteiger partial charge in [-0.15, -0.1) is 0 Å². The molecule has 0 atom stereocenters. The number of hydrogen-bond acceptors (Lipinski definition) is 5. The topological polar surface area (TPSA) is 105 Å². The van der Waals surface area contributed by atoms with Crippen LogP contribution in [-0.2, 0) is 4.79 Å². The minimum Gasteiger partial charge on any atom is -0.351 e. The van der Waals surface area contributed by atoms with E-state index in [9.17, 15) is 19.7 Å². The van der Waals surface area contributed by atoms with E-state index in [2.05, 4.69) is 10.6 Å². The second-order valence-electron chi connectivity index (χ2n) is 7.14. The molecule has 2 rings (SSSR count). The van der Waals surface area contributed by atoms with Crippen LogP contribution in [0, 0.1) is 17.0 Å². The first-order chi connectivity index (χ1) is 14.3. The third-order valence-corrected chi connectivity index (χ3v) is 4.29. The number of hydrogen-bond donors (Lipinski definition) is 2. The molecule has 2 aromatic carbocycles. The van der Waals surface area contributed by atoms with E-state index in [-0.39, 0.29) is 11.4 Å². The minimum absolute atomic E-state index is 0.0504. The Hall–Kier alpha value is -3.52. The van der Waals surface area contributed by atoms with E-state index in [4.69, 9.17) is 0 Å². The SMILES string of the molecule is Cc1ccc(C(=O)N/C(=C\c2ccc([N+](=O)[O-])cc2)C(=O)NCCCN(C)C)cc1. The van der Waals surface area contributed by atoms with Crippen molar-refractivity contribution in [2.45, 2.75) is 13.3 Å². The number of nitro groups is 1. The molecule has 0 bridgehead atoms. The van der Waals surface area contributed by atoms with E-state index in [0.29, 0.717) is 17.7 Å². The molecule has 2 N–H and O–H groups in total. The molecule has 0 spiro atoms. The Morgan fingerprint density at radius 3 is 2.27 bits per heavy atom. The number of carbonyl (C=O) groups excluding carboxylic acids is 2. The van der Waals surface area contributed by atoms with Crippen molar-refractivity contribution >= 4 is 23.6 Å². The molecule has 0 fully saturated rings. The zero-order valence-electron chi connectivity index (χ0n) is 17.3. The van der Waals surface area contributed by atoms with E-state index in [1.165, 1.54) is 30.3 Å². The Morgan fingerprint density at radius 2 is 1.70 bits per heavy atom. The van der Waals surface area contributed by atoms with Gasteiger partial charge in [0, 0.05) is 24.2 Å². The first kappa shape index (κ1) is 22.8. The largest absolute Gasteiger partial charge is 0.351 e. The van der Waals surface area contributed by atoms with Crippen LogP contribution in [0.3, 0.4) is 0 Å². The molecular formula is C22H26N4O4. The molecule has 0 saturated carbocycles. The molecule has 0 unspecified atom stereocenters. The van der Waals surface area contributed by atoms with Crippen molar-refractivity contribution in [2.75, 3.05) is 27.2 Å². The first-order valence-electron chi connectivity index (χ1n) is 9.53. The highest BCUT2D eigenvalue weighted by Gasteiger charge is 2.15. The van der Waals surface area contributed by atoms with Gasteiger partial charge in [-0.25, -0.2) is 0 Å². The first-order valence-corrected chi connectivity index (χ1v) is 9.53. The van der Waals surface area contributed by atoms with Gasteiger partial charge in [0.05, 0.1) is 4.92 Å². The van der Waals surface area contributed by atoms with Crippen LogP contribution in [0.25, 0.3) is 6.08 Å². The Morgan fingerprint density at radius 1 is 1.07 bits per heavy atom. The molecular weight excluding hydrogens is 384 g/mol. The number of aryl methyl sites for hydroxylation is 1. The third-order valence-electron chi connectivity index (χ3n) is 4.29. The summed E-state index contributed by atoms with van der Waals surface area (Å²) in [6.45, 7) is 3.19. The van der Waals surface area contributed by atoms with Gasteiger partial charge >= 0.3 is 0 Å². The van der Waals surface area contributed by atoms with Gasteiger partial charge < -0.3 is 15.5 Å². The highest BCUT2D eigenvalue weighted by Crippen LogP contribution is 2.14. The predicted octanol–water partition coefficient (Wildman–Crippen LogP) is 2.74. The molecule has 2 amide bonds. The summed E-state index contributed by atoms with van der Waals surface area (Å²) >= 11 is 0. The molecule has 2 aromatic rings. The maximum atomic E-state index is 12.7. The van der Waals surface area contributed by atoms with Crippen molar-refractivity contribution in [2.24, 2.45) is 0 Å². The average molecular weight is 410 g/mol. The quantitative estimate of drug-likeness (QED) is 0.286. The number of nitro benzene ring substituents is 1. The van der Waals surface area contributed by atoms with Crippen molar-refractivity contribution in [1.82, 2.24) is 15.5 Å². The fraction of sp³-hybridized carbons (Fsp3) is 0.273. The second-order valence-corrected chi connectivity index (χ2v) is 7.14. The fourth-order valence-corrected chi connectivity index (χ4v) is 2.61. The van der Waals surface area contributed by atoms with Crippen molar-refractivity contribution in [3.05, 3.63) is 81.0 Å². The lowest BCUT2D eigenvalue weighted by molar-refractivity contribution is -0.384. The lowest BCUT2D eigenvalue weighted by atomic mass is 10.1. The van der Waals surface area contributed by atoms with Gasteiger partial charge in [-0.05, 0) is 69.9 Å². The summed E-state index contributed by atoms with van der Waals surface area (Å²) in [6.07, 6.45) is 2.26. The predicted molar refractivity (Wildman–Crippen MR) is 116 cm³/mol. The molecule has 0 radical (unpaired) electrons. The summed E-state index contributed by atoms with van der Waals surface area (Å²) in [5.74, 6) is -0.834. The van der Waals surface area contributed by atoms with Crippen LogP contribution in [-0.4, -0.2) is 48.8 Å². The standard InChI is InChI=1S/C22H26N4O4/c1-16-5-9-18(10-6-16)21(27)24-20(22(28)23-13-4-14-25(2)3)15-17-7-11-19(12-8-17)26(29)30/h5-12,15H,4,13-14H2,1-3H3,(H,23,28)(H,24,27)/b20-15-. The molecule has 0 heterocycles. The molecule has 8 heteroatoms. The summed E-state index contributed by atoms with van der Waals surface area (Å²) in [7, 11) is 3.90. The van der Waals surface area contributed by atoms with Gasteiger partial charge in [-0.3, -0.25) is 19.7 Å². The third kappa shape index (κ3) is 7.14. The van der Waals surface area contributed by atoms with E-state index < -0.39 is 16.7 Å². The Balaban J connectivity index is 2.19. The molecule has 0 aliphatic carbocycles. The number of carbonyl (C=O) groups is 2. The van der Waals surface area contributed by atoms with Crippen LogP contribution >= 0.6 is 0 Å². The smallest absolute Gasteiger partial charge is 0.269 e. The Bertz CT molecular complexity index is 919. The fourth-order valence-electron chi connectivity index (χ4n) is 2.61. The molecule has 0 aliphatic rings. The van der Waals surface area contributed by atoms with Crippen molar-refractivity contribution < 1.29 is 14.5 Å². The maximum Gasteiger partial charge on any atom is 0.269 e. The van der Waals surface area contributed by atoms with E-state index in [0.717, 1.165) is 18.5 Å². The van der Waals surface area contributed by atoms with E-state index in [1.54, 1.807) is 12.1 Å². The highest BCUT2D eigenvalue weighted by atomic mass is 16.6. The van der Waals surface area contributed by atoms with Gasteiger partial charge in [0.25, 0.3) is 17.5 Å². The maximum absolute atomic E-state index is 12.7. The van der Waals surface area contributed by atoms with Crippen molar-refractivity contribution in [3.8, 4) is 0 Å². The summed E-state index contributed by atoms with van der Waals surface area (Å²) in [4.78, 5) is 37.6. The Labute approximate surface area is 175 Å². The lowest BCUT2D eigenvalue weighted by Crippen LogP contribution is -2.36. The number of non-ortho nitro benzene ring substituents is 1. The van der Waals surface area contributed by atoms with Gasteiger partial charge in [0.2, 0.25) is 0 Å². The van der Waals surface area contributed by atoms with Crippen LogP contribution < -0.4 is 10.6 Å². The van der Waals surface area contributed by atoms with Gasteiger partial charge in [-0.1, -0.05) is 17.7 Å². The van der Waals surface area contributed by atoms with E-state index >= 15 is 0 Å². The molecule has 0 aliphatic heterocycles. The number of nitrogens with one attached hydrogen (secondary N) is 2. The summed E-state index contributed by atoms with van der Waals surface area (Å²) in [5.41, 5.74) is 2.02. The van der Waals surface area contributed by atoms with Gasteiger partial charge in [0.15, 0.2) is 0 Å². The highest BCUT2D eigenvalue weighted by molar-refractivity contribution is 6.05. The molecule has 30 heavy (non-hydrogen) atoms. The summed E-state index contributed by atoms with van der Waals surface area (Å²) < 4.78 is 0. The van der Waals surface area contributed by atoms with Crippen molar-refractivity contribution in [1.29, 1.82) is 0 Å². The van der Waals surface area contributed by atoms with Crippen LogP contribution in [0.1, 0.15) is 27.9 Å². The summed E-state index contributed by atoms with van der Waals surface area (Å²) in [5, 5.41) is 16.3. The number of rotatable bonds is 9. The summed E-state index contributed by atoms with van der Waals surface area (Å²) in [6, 6.07) is 12.7. The van der Waals surface area contributed by atoms with Crippen LogP contribution in [0.5, 0.6) is 0 Å². The average Bonchev–Trinajstić information content (AvgIpc) is 2.71. The second kappa shape index (κ2) is 10.9. The normalized spacial score (nSPS) is 11.3. The number of nitrogens with zero attached hydrogens (tertiary/aromatic N) is 2. The van der Waals surface area contributed by atoms with E-state index in [1.807, 2.05) is 38.1 Å². The lowest BCUT2D eigenvalue weighted by Gasteiger charge is -2.13. The zero-order chi connectivity index (χ0) is 22.1. The minimum atomic E-state index is -0.495. The van der Waals surface area contributed by atoms with Crippen LogP contribution in [0.15, 0.2) is 54.2 Å². The van der Waals surface area contributed by atoms with Gasteiger partial charge in [-0.2, -0.15) is 0 Å². The van der Waals surface area contributed by atoms with Gasteiger partial charge in [0.1, 0.15) is 5.70 Å². The number of amides is 2. The number of benzene rings is 2. The molecule has 158 valence electrons. The monoisotopic (exact) mass is 410 g/mol. The molecule has 0 saturated heterocycles. The van der Waals surface area contributed by atoms with Crippen LogP contribution in [0.2, 0.25) is 0 Å². The molecule has 0 aromatic heterocycles. The van der Waals surface area contributed by atoms with Crippen LogP contribution in [0.4, 0.5) is 5.69 Å². The van der Waals surface area contributed by atoms with Crippen molar-refractivity contribution in [3.63, 3.8) is 0 Å². The Kier molecular flexibility index (Phi) is 8.25. The zero-order valence-corrected chi connectivity index (χ0v) is 17.3.